The highest BCUT2D eigenvalue weighted by Gasteiger charge is 2.38. The molecule has 160 valence electrons. The summed E-state index contributed by atoms with van der Waals surface area (Å²) in [7, 11) is -3.61. The summed E-state index contributed by atoms with van der Waals surface area (Å²) in [6, 6.07) is 12.7. The molecule has 0 unspecified atom stereocenters. The van der Waals surface area contributed by atoms with Crippen molar-refractivity contribution in [3.63, 3.8) is 0 Å². The molecule has 2 aromatic carbocycles. The number of amides is 1. The van der Waals surface area contributed by atoms with E-state index in [0.717, 1.165) is 16.9 Å². The third-order valence-electron chi connectivity index (χ3n) is 5.97. The van der Waals surface area contributed by atoms with Gasteiger partial charge in [-0.1, -0.05) is 31.5 Å². The standard InChI is InChI=1S/C22H26ClN3O3S/c1-16(27)26-15-22(2,3)20-14-19(7-8-21(20)26)30(28,29)25-11-9-24(10-12-25)18-6-4-5-17(23)13-18/h4-8,13-14H,9-12,15H2,1-3H3. The lowest BCUT2D eigenvalue weighted by Gasteiger charge is -2.35. The second-order valence-electron chi connectivity index (χ2n) is 8.54. The molecule has 0 radical (unpaired) electrons. The Hall–Kier alpha value is -2.09. The number of benzene rings is 2. The average molecular weight is 448 g/mol. The summed E-state index contributed by atoms with van der Waals surface area (Å²) in [6.45, 7) is 8.20. The first-order valence-electron chi connectivity index (χ1n) is 10.0. The summed E-state index contributed by atoms with van der Waals surface area (Å²) in [4.78, 5) is 16.1. The Morgan fingerprint density at radius 3 is 2.37 bits per heavy atom. The van der Waals surface area contributed by atoms with Crippen LogP contribution in [0, 0.1) is 0 Å². The molecule has 1 saturated heterocycles. The first-order chi connectivity index (χ1) is 14.1. The van der Waals surface area contributed by atoms with Gasteiger partial charge in [-0.2, -0.15) is 4.31 Å². The fourth-order valence-corrected chi connectivity index (χ4v) is 5.94. The first kappa shape index (κ1) is 21.2. The molecule has 0 atom stereocenters. The van der Waals surface area contributed by atoms with E-state index in [0.29, 0.717) is 37.7 Å². The topological polar surface area (TPSA) is 60.9 Å². The number of nitrogens with zero attached hydrogens (tertiary/aromatic N) is 3. The zero-order valence-electron chi connectivity index (χ0n) is 17.4. The molecule has 6 nitrogen and oxygen atoms in total. The van der Waals surface area contributed by atoms with Crippen LogP contribution in [0.5, 0.6) is 0 Å². The van der Waals surface area contributed by atoms with Gasteiger partial charge in [0.1, 0.15) is 0 Å². The van der Waals surface area contributed by atoms with Crippen molar-refractivity contribution in [2.45, 2.75) is 31.1 Å². The minimum atomic E-state index is -3.61. The second kappa shape index (κ2) is 7.55. The van der Waals surface area contributed by atoms with Crippen LogP contribution in [0.4, 0.5) is 11.4 Å². The van der Waals surface area contributed by atoms with E-state index >= 15 is 0 Å². The Bertz CT molecular complexity index is 1090. The molecule has 30 heavy (non-hydrogen) atoms. The molecule has 1 amide bonds. The van der Waals surface area contributed by atoms with Gasteiger partial charge in [0.2, 0.25) is 15.9 Å². The van der Waals surface area contributed by atoms with Crippen molar-refractivity contribution in [2.24, 2.45) is 0 Å². The van der Waals surface area contributed by atoms with Crippen molar-refractivity contribution in [2.75, 3.05) is 42.5 Å². The van der Waals surface area contributed by atoms with Crippen LogP contribution >= 0.6 is 11.6 Å². The van der Waals surface area contributed by atoms with Crippen LogP contribution in [-0.4, -0.2) is 51.4 Å². The Balaban J connectivity index is 1.56. The van der Waals surface area contributed by atoms with Gasteiger partial charge in [0.05, 0.1) is 4.90 Å². The SMILES string of the molecule is CC(=O)N1CC(C)(C)c2cc(S(=O)(=O)N3CCN(c4cccc(Cl)c4)CC3)ccc21. The van der Waals surface area contributed by atoms with Crippen molar-refractivity contribution in [1.29, 1.82) is 0 Å². The van der Waals surface area contributed by atoms with Gasteiger partial charge < -0.3 is 9.80 Å². The number of piperazine rings is 1. The van der Waals surface area contributed by atoms with E-state index < -0.39 is 10.0 Å². The quantitative estimate of drug-likeness (QED) is 0.722. The molecule has 0 saturated carbocycles. The summed E-state index contributed by atoms with van der Waals surface area (Å²) in [5.41, 5.74) is 2.41. The second-order valence-corrected chi connectivity index (χ2v) is 10.9. The predicted octanol–water partition coefficient (Wildman–Crippen LogP) is 3.50. The normalized spacial score (nSPS) is 19.1. The lowest BCUT2D eigenvalue weighted by Crippen LogP contribution is -2.48. The zero-order valence-corrected chi connectivity index (χ0v) is 19.0. The number of fused-ring (bicyclic) bond motifs is 1. The maximum absolute atomic E-state index is 13.3. The Kier molecular flexibility index (Phi) is 5.33. The maximum atomic E-state index is 13.3. The lowest BCUT2D eigenvalue weighted by atomic mass is 9.87. The molecule has 8 heteroatoms. The Morgan fingerprint density at radius 2 is 1.73 bits per heavy atom. The van der Waals surface area contributed by atoms with Crippen LogP contribution in [0.1, 0.15) is 26.3 Å². The van der Waals surface area contributed by atoms with E-state index in [9.17, 15) is 13.2 Å². The average Bonchev–Trinajstić information content (AvgIpc) is 2.99. The summed E-state index contributed by atoms with van der Waals surface area (Å²) < 4.78 is 28.2. The van der Waals surface area contributed by atoms with E-state index in [1.165, 1.54) is 6.92 Å². The largest absolute Gasteiger partial charge is 0.369 e. The number of carbonyl (C=O) groups is 1. The molecule has 2 aliphatic rings. The van der Waals surface area contributed by atoms with Crippen molar-refractivity contribution >= 4 is 38.9 Å². The van der Waals surface area contributed by atoms with E-state index in [1.54, 1.807) is 27.4 Å². The number of hydrogen-bond acceptors (Lipinski definition) is 4. The fraction of sp³-hybridized carbons (Fsp3) is 0.409. The number of sulfonamides is 1. The maximum Gasteiger partial charge on any atom is 0.243 e. The van der Waals surface area contributed by atoms with Crippen molar-refractivity contribution in [3.05, 3.63) is 53.1 Å². The Morgan fingerprint density at radius 1 is 1.03 bits per heavy atom. The first-order valence-corrected chi connectivity index (χ1v) is 11.8. The third kappa shape index (κ3) is 3.70. The van der Waals surface area contributed by atoms with Crippen LogP contribution in [0.3, 0.4) is 0 Å². The van der Waals surface area contributed by atoms with Gasteiger partial charge >= 0.3 is 0 Å². The summed E-state index contributed by atoms with van der Waals surface area (Å²) >= 11 is 6.09. The fourth-order valence-electron chi connectivity index (χ4n) is 4.31. The van der Waals surface area contributed by atoms with Gasteiger partial charge in [-0.25, -0.2) is 8.42 Å². The van der Waals surface area contributed by atoms with Crippen molar-refractivity contribution in [3.8, 4) is 0 Å². The van der Waals surface area contributed by atoms with E-state index in [1.807, 2.05) is 38.1 Å². The number of anilines is 2. The molecule has 4 rings (SSSR count). The zero-order chi connectivity index (χ0) is 21.7. The minimum Gasteiger partial charge on any atom is -0.369 e. The molecule has 0 bridgehead atoms. The molecule has 0 spiro atoms. The molecule has 1 fully saturated rings. The predicted molar refractivity (Wildman–Crippen MR) is 120 cm³/mol. The van der Waals surface area contributed by atoms with Gasteiger partial charge in [-0.05, 0) is 42.0 Å². The summed E-state index contributed by atoms with van der Waals surface area (Å²) in [5, 5.41) is 0.669. The third-order valence-corrected chi connectivity index (χ3v) is 8.10. The summed E-state index contributed by atoms with van der Waals surface area (Å²) in [5.74, 6) is -0.0328. The van der Waals surface area contributed by atoms with Crippen LogP contribution in [0.2, 0.25) is 5.02 Å². The van der Waals surface area contributed by atoms with Crippen LogP contribution in [0.25, 0.3) is 0 Å². The Labute approximate surface area is 183 Å². The van der Waals surface area contributed by atoms with Gasteiger partial charge in [0.15, 0.2) is 0 Å². The molecule has 0 N–H and O–H groups in total. The molecule has 2 aliphatic heterocycles. The van der Waals surface area contributed by atoms with Gasteiger partial charge in [0.25, 0.3) is 0 Å². The lowest BCUT2D eigenvalue weighted by molar-refractivity contribution is -0.116. The number of rotatable bonds is 3. The van der Waals surface area contributed by atoms with E-state index in [-0.39, 0.29) is 16.2 Å². The molecule has 2 aromatic rings. The smallest absolute Gasteiger partial charge is 0.243 e. The minimum absolute atomic E-state index is 0.0328. The van der Waals surface area contributed by atoms with Crippen molar-refractivity contribution in [1.82, 2.24) is 4.31 Å². The highest BCUT2D eigenvalue weighted by Crippen LogP contribution is 2.42. The van der Waals surface area contributed by atoms with E-state index in [4.69, 9.17) is 11.6 Å². The highest BCUT2D eigenvalue weighted by molar-refractivity contribution is 7.89. The summed E-state index contributed by atoms with van der Waals surface area (Å²) in [6.07, 6.45) is 0. The number of hydrogen-bond donors (Lipinski definition) is 0. The van der Waals surface area contributed by atoms with E-state index in [2.05, 4.69) is 4.90 Å². The molecule has 0 aliphatic carbocycles. The highest BCUT2D eigenvalue weighted by atomic mass is 35.5. The number of halogens is 1. The molecule has 2 heterocycles. The number of carbonyl (C=O) groups excluding carboxylic acids is 1. The monoisotopic (exact) mass is 447 g/mol. The molecular weight excluding hydrogens is 422 g/mol. The van der Waals surface area contributed by atoms with Gasteiger partial charge in [-0.15, -0.1) is 0 Å². The van der Waals surface area contributed by atoms with Crippen molar-refractivity contribution < 1.29 is 13.2 Å². The van der Waals surface area contributed by atoms with Crippen LogP contribution < -0.4 is 9.80 Å². The van der Waals surface area contributed by atoms with Crippen LogP contribution in [-0.2, 0) is 20.2 Å². The molecule has 0 aromatic heterocycles. The molecular formula is C22H26ClN3O3S. The van der Waals surface area contributed by atoms with Gasteiger partial charge in [-0.3, -0.25) is 4.79 Å². The van der Waals surface area contributed by atoms with Gasteiger partial charge in [0, 0.05) is 61.5 Å². The van der Waals surface area contributed by atoms with Crippen LogP contribution in [0.15, 0.2) is 47.4 Å².